The van der Waals surface area contributed by atoms with Crippen LogP contribution in [0.2, 0.25) is 0 Å². The highest BCUT2D eigenvalue weighted by Crippen LogP contribution is 2.38. The molecule has 0 bridgehead atoms. The maximum Gasteiger partial charge on any atom is 0.246 e. The Hall–Kier alpha value is -1.84. The average Bonchev–Trinajstić information content (AvgIpc) is 3.35. The quantitative estimate of drug-likeness (QED) is 0.359. The van der Waals surface area contributed by atoms with Crippen LogP contribution in [0.3, 0.4) is 0 Å². The Labute approximate surface area is 190 Å². The van der Waals surface area contributed by atoms with Crippen molar-refractivity contribution in [3.05, 3.63) is 29.8 Å². The maximum absolute atomic E-state index is 12.7. The summed E-state index contributed by atoms with van der Waals surface area (Å²) in [5.74, 6) is 0.740. The molecule has 1 fully saturated rings. The first kappa shape index (κ1) is 23.4. The predicted octanol–water partition coefficient (Wildman–Crippen LogP) is 2.01. The van der Waals surface area contributed by atoms with Gasteiger partial charge in [-0.3, -0.25) is 14.6 Å². The molecule has 1 heterocycles. The lowest BCUT2D eigenvalue weighted by molar-refractivity contribution is -0.138. The molecule has 1 aliphatic heterocycles. The summed E-state index contributed by atoms with van der Waals surface area (Å²) in [5, 5.41) is 6.38. The summed E-state index contributed by atoms with van der Waals surface area (Å²) in [6.07, 6.45) is 4.80. The first-order chi connectivity index (χ1) is 13.5. The van der Waals surface area contributed by atoms with Crippen molar-refractivity contribution in [3.8, 4) is 0 Å². The zero-order valence-corrected chi connectivity index (χ0v) is 19.9. The summed E-state index contributed by atoms with van der Waals surface area (Å²) in [6.45, 7) is 1.42. The third-order valence-corrected chi connectivity index (χ3v) is 5.83. The van der Waals surface area contributed by atoms with Gasteiger partial charge >= 0.3 is 0 Å². The maximum atomic E-state index is 12.7. The highest BCUT2D eigenvalue weighted by molar-refractivity contribution is 14.0. The number of nitrogens with one attached hydrogen (secondary N) is 2. The molecule has 2 amide bonds. The fourth-order valence-electron chi connectivity index (χ4n) is 4.32. The van der Waals surface area contributed by atoms with Gasteiger partial charge < -0.3 is 20.4 Å². The Morgan fingerprint density at radius 1 is 1.17 bits per heavy atom. The Morgan fingerprint density at radius 2 is 1.86 bits per heavy atom. The van der Waals surface area contributed by atoms with Crippen molar-refractivity contribution in [2.45, 2.75) is 32.1 Å². The molecule has 160 valence electrons. The van der Waals surface area contributed by atoms with E-state index in [-0.39, 0.29) is 47.8 Å². The number of anilines is 1. The molecule has 3 rings (SSSR count). The van der Waals surface area contributed by atoms with Crippen molar-refractivity contribution in [2.24, 2.45) is 10.4 Å². The summed E-state index contributed by atoms with van der Waals surface area (Å²) in [6, 6.07) is 8.02. The second-order valence-electron chi connectivity index (χ2n) is 7.89. The van der Waals surface area contributed by atoms with Gasteiger partial charge in [0.05, 0.1) is 12.0 Å². The highest BCUT2D eigenvalue weighted by Gasteiger charge is 2.42. The molecule has 1 aromatic carbocycles. The monoisotopic (exact) mass is 513 g/mol. The van der Waals surface area contributed by atoms with Gasteiger partial charge in [-0.15, -0.1) is 24.0 Å². The fourth-order valence-corrected chi connectivity index (χ4v) is 4.32. The summed E-state index contributed by atoms with van der Waals surface area (Å²) in [5.41, 5.74) is 1.83. The lowest BCUT2D eigenvalue weighted by Crippen LogP contribution is -2.50. The number of aliphatic imine (C=N–C) groups is 1. The van der Waals surface area contributed by atoms with Gasteiger partial charge in [0, 0.05) is 39.9 Å². The SMILES string of the molecule is CN=C(NCC(=O)N1CCc2ccccc21)NCC1(C(=O)N(C)C)CCCC1.I. The van der Waals surface area contributed by atoms with Crippen molar-refractivity contribution < 1.29 is 9.59 Å². The van der Waals surface area contributed by atoms with Crippen molar-refractivity contribution in [3.63, 3.8) is 0 Å². The van der Waals surface area contributed by atoms with Crippen molar-refractivity contribution in [1.29, 1.82) is 0 Å². The van der Waals surface area contributed by atoms with Crippen LogP contribution < -0.4 is 15.5 Å². The largest absolute Gasteiger partial charge is 0.355 e. The first-order valence-corrected chi connectivity index (χ1v) is 10.0. The third-order valence-electron chi connectivity index (χ3n) is 5.83. The molecule has 0 aromatic heterocycles. The third kappa shape index (κ3) is 5.21. The van der Waals surface area contributed by atoms with Gasteiger partial charge in [0.15, 0.2) is 5.96 Å². The molecule has 0 saturated heterocycles. The molecule has 0 unspecified atom stereocenters. The van der Waals surface area contributed by atoms with E-state index in [1.165, 1.54) is 5.56 Å². The van der Waals surface area contributed by atoms with E-state index in [2.05, 4.69) is 21.7 Å². The molecular weight excluding hydrogens is 481 g/mol. The second-order valence-corrected chi connectivity index (χ2v) is 7.89. The van der Waals surface area contributed by atoms with Crippen LogP contribution in [0, 0.1) is 5.41 Å². The number of fused-ring (bicyclic) bond motifs is 1. The topological polar surface area (TPSA) is 77.0 Å². The van der Waals surface area contributed by atoms with E-state index in [9.17, 15) is 9.59 Å². The molecule has 0 atom stereocenters. The number of guanidine groups is 1. The zero-order valence-electron chi connectivity index (χ0n) is 17.5. The van der Waals surface area contributed by atoms with Gasteiger partial charge in [0.25, 0.3) is 0 Å². The van der Waals surface area contributed by atoms with Crippen LogP contribution in [0.4, 0.5) is 5.69 Å². The minimum absolute atomic E-state index is 0. The first-order valence-electron chi connectivity index (χ1n) is 10.0. The lowest BCUT2D eigenvalue weighted by atomic mass is 9.84. The highest BCUT2D eigenvalue weighted by atomic mass is 127. The van der Waals surface area contributed by atoms with Crippen LogP contribution in [-0.2, 0) is 16.0 Å². The van der Waals surface area contributed by atoms with E-state index in [0.717, 1.165) is 37.8 Å². The molecule has 1 aromatic rings. The number of amides is 2. The van der Waals surface area contributed by atoms with Crippen LogP contribution in [0.15, 0.2) is 29.3 Å². The number of hydrogen-bond acceptors (Lipinski definition) is 3. The van der Waals surface area contributed by atoms with Gasteiger partial charge in [0.1, 0.15) is 0 Å². The number of para-hydroxylation sites is 1. The zero-order chi connectivity index (χ0) is 20.1. The Kier molecular flexibility index (Phi) is 8.30. The molecule has 1 saturated carbocycles. The number of benzene rings is 1. The minimum atomic E-state index is -0.376. The Bertz CT molecular complexity index is 759. The number of rotatable bonds is 5. The molecule has 8 heteroatoms. The molecule has 0 spiro atoms. The van der Waals surface area contributed by atoms with Crippen LogP contribution in [0.1, 0.15) is 31.2 Å². The summed E-state index contributed by atoms with van der Waals surface area (Å²) >= 11 is 0. The van der Waals surface area contributed by atoms with E-state index in [1.54, 1.807) is 11.9 Å². The minimum Gasteiger partial charge on any atom is -0.355 e. The van der Waals surface area contributed by atoms with Gasteiger partial charge in [-0.25, -0.2) is 0 Å². The van der Waals surface area contributed by atoms with E-state index in [1.807, 2.05) is 37.2 Å². The normalized spacial score (nSPS) is 17.3. The van der Waals surface area contributed by atoms with Crippen LogP contribution in [0.5, 0.6) is 0 Å². The van der Waals surface area contributed by atoms with Crippen molar-refractivity contribution >= 4 is 47.4 Å². The molecule has 0 radical (unpaired) electrons. The number of nitrogens with zero attached hydrogens (tertiary/aromatic N) is 3. The van der Waals surface area contributed by atoms with Crippen molar-refractivity contribution in [1.82, 2.24) is 15.5 Å². The van der Waals surface area contributed by atoms with Crippen LogP contribution >= 0.6 is 24.0 Å². The lowest BCUT2D eigenvalue weighted by Gasteiger charge is -2.31. The van der Waals surface area contributed by atoms with E-state index in [4.69, 9.17) is 0 Å². The number of carbonyl (C=O) groups is 2. The second kappa shape index (κ2) is 10.3. The van der Waals surface area contributed by atoms with Crippen LogP contribution in [-0.4, -0.2) is 63.5 Å². The van der Waals surface area contributed by atoms with Gasteiger partial charge in [-0.1, -0.05) is 31.0 Å². The van der Waals surface area contributed by atoms with Gasteiger partial charge in [0.2, 0.25) is 11.8 Å². The van der Waals surface area contributed by atoms with E-state index in [0.29, 0.717) is 19.0 Å². The summed E-state index contributed by atoms with van der Waals surface area (Å²) in [4.78, 5) is 33.1. The van der Waals surface area contributed by atoms with Crippen molar-refractivity contribution in [2.75, 3.05) is 45.7 Å². The standard InChI is InChI=1S/C21H31N5O2.HI/c1-22-20(24-15-21(11-6-7-12-21)19(28)25(2)3)23-14-18(27)26-13-10-16-8-4-5-9-17(16)26;/h4-5,8-9H,6-7,10-15H2,1-3H3,(H2,22,23,24);1H. The molecule has 1 aliphatic carbocycles. The molecule has 7 nitrogen and oxygen atoms in total. The number of hydrogen-bond donors (Lipinski definition) is 2. The molecule has 29 heavy (non-hydrogen) atoms. The summed E-state index contributed by atoms with van der Waals surface area (Å²) < 4.78 is 0. The van der Waals surface area contributed by atoms with Crippen LogP contribution in [0.25, 0.3) is 0 Å². The van der Waals surface area contributed by atoms with Gasteiger partial charge in [-0.2, -0.15) is 0 Å². The molecule has 2 N–H and O–H groups in total. The smallest absolute Gasteiger partial charge is 0.246 e. The van der Waals surface area contributed by atoms with E-state index < -0.39 is 0 Å². The van der Waals surface area contributed by atoms with Gasteiger partial charge in [-0.05, 0) is 30.9 Å². The summed E-state index contributed by atoms with van der Waals surface area (Å²) in [7, 11) is 5.30. The molecule has 2 aliphatic rings. The molecular formula is C21H32IN5O2. The predicted molar refractivity (Wildman–Crippen MR) is 127 cm³/mol. The average molecular weight is 513 g/mol. The Balaban J connectivity index is 0.00000300. The Morgan fingerprint density at radius 3 is 2.52 bits per heavy atom. The number of halogens is 1. The number of carbonyl (C=O) groups excluding carboxylic acids is 2. The fraction of sp³-hybridized carbons (Fsp3) is 0.571. The van der Waals surface area contributed by atoms with E-state index >= 15 is 0 Å².